The molecule has 2 aromatic rings. The molecule has 1 atom stereocenters. The van der Waals surface area contributed by atoms with E-state index in [9.17, 15) is 9.59 Å². The van der Waals surface area contributed by atoms with Crippen molar-refractivity contribution >= 4 is 17.5 Å². The molecule has 0 saturated carbocycles. The van der Waals surface area contributed by atoms with Crippen molar-refractivity contribution in [1.82, 2.24) is 10.2 Å². The summed E-state index contributed by atoms with van der Waals surface area (Å²) < 4.78 is 0. The van der Waals surface area contributed by atoms with Gasteiger partial charge in [-0.05, 0) is 36.1 Å². The summed E-state index contributed by atoms with van der Waals surface area (Å²) in [7, 11) is 0. The van der Waals surface area contributed by atoms with Gasteiger partial charge in [-0.1, -0.05) is 42.5 Å². The summed E-state index contributed by atoms with van der Waals surface area (Å²) in [6.07, 6.45) is 1.48. The average molecular weight is 363 g/mol. The summed E-state index contributed by atoms with van der Waals surface area (Å²) in [5, 5.41) is 2.96. The van der Waals surface area contributed by atoms with Crippen LogP contribution in [0.15, 0.2) is 54.6 Å². The molecular weight excluding hydrogens is 338 g/mol. The van der Waals surface area contributed by atoms with Crippen LogP contribution in [-0.2, 0) is 22.7 Å². The lowest BCUT2D eigenvalue weighted by Gasteiger charge is -2.17. The van der Waals surface area contributed by atoms with Crippen molar-refractivity contribution in [3.05, 3.63) is 65.7 Å². The molecular formula is C22H25N3O2. The largest absolute Gasteiger partial charge is 0.355 e. The van der Waals surface area contributed by atoms with Crippen molar-refractivity contribution < 1.29 is 9.59 Å². The van der Waals surface area contributed by atoms with Crippen LogP contribution in [0.25, 0.3) is 0 Å². The number of amides is 2. The number of hydrogen-bond donors (Lipinski definition) is 1. The number of para-hydroxylation sites is 1. The number of anilines is 1. The Labute approximate surface area is 160 Å². The zero-order chi connectivity index (χ0) is 18.6. The van der Waals surface area contributed by atoms with Gasteiger partial charge in [-0.25, -0.2) is 0 Å². The van der Waals surface area contributed by atoms with Crippen molar-refractivity contribution in [3.63, 3.8) is 0 Å². The van der Waals surface area contributed by atoms with Crippen LogP contribution in [0.1, 0.15) is 24.0 Å². The first kappa shape index (κ1) is 17.7. The van der Waals surface area contributed by atoms with Crippen molar-refractivity contribution in [3.8, 4) is 0 Å². The summed E-state index contributed by atoms with van der Waals surface area (Å²) in [4.78, 5) is 29.1. The number of benzene rings is 2. The molecule has 2 amide bonds. The molecule has 4 rings (SSSR count). The van der Waals surface area contributed by atoms with Crippen molar-refractivity contribution in [2.75, 3.05) is 24.5 Å². The summed E-state index contributed by atoms with van der Waals surface area (Å²) in [6.45, 7) is 4.13. The second-order valence-corrected chi connectivity index (χ2v) is 7.29. The smallest absolute Gasteiger partial charge is 0.239 e. The van der Waals surface area contributed by atoms with Gasteiger partial charge in [0.2, 0.25) is 11.8 Å². The van der Waals surface area contributed by atoms with E-state index in [0.717, 1.165) is 31.7 Å². The van der Waals surface area contributed by atoms with Crippen LogP contribution in [0.5, 0.6) is 0 Å². The van der Waals surface area contributed by atoms with E-state index in [2.05, 4.69) is 34.5 Å². The SMILES string of the molecule is O=C(NCCCN1Cc2ccccc2C1)[C@H]1CCN(c2ccccc2)C1=O. The van der Waals surface area contributed by atoms with E-state index in [-0.39, 0.29) is 11.8 Å². The Bertz CT molecular complexity index is 796. The molecule has 1 fully saturated rings. The van der Waals surface area contributed by atoms with Crippen LogP contribution in [0.3, 0.4) is 0 Å². The highest BCUT2D eigenvalue weighted by molar-refractivity contribution is 6.09. The van der Waals surface area contributed by atoms with E-state index < -0.39 is 5.92 Å². The minimum absolute atomic E-state index is 0.0892. The lowest BCUT2D eigenvalue weighted by atomic mass is 10.1. The maximum Gasteiger partial charge on any atom is 0.239 e. The molecule has 0 bridgehead atoms. The zero-order valence-corrected chi connectivity index (χ0v) is 15.4. The highest BCUT2D eigenvalue weighted by atomic mass is 16.2. The lowest BCUT2D eigenvalue weighted by Crippen LogP contribution is -2.37. The van der Waals surface area contributed by atoms with E-state index in [1.54, 1.807) is 4.90 Å². The third-order valence-corrected chi connectivity index (χ3v) is 5.45. The molecule has 2 aliphatic heterocycles. The van der Waals surface area contributed by atoms with Crippen molar-refractivity contribution in [1.29, 1.82) is 0 Å². The molecule has 27 heavy (non-hydrogen) atoms. The summed E-state index contributed by atoms with van der Waals surface area (Å²) >= 11 is 0. The number of nitrogens with zero attached hydrogens (tertiary/aromatic N) is 2. The number of hydrogen-bond acceptors (Lipinski definition) is 3. The first-order valence-electron chi connectivity index (χ1n) is 9.65. The molecule has 2 heterocycles. The average Bonchev–Trinajstić information content (AvgIpc) is 3.29. The molecule has 2 aliphatic rings. The number of rotatable bonds is 6. The third-order valence-electron chi connectivity index (χ3n) is 5.45. The van der Waals surface area contributed by atoms with Gasteiger partial charge in [0.05, 0.1) is 0 Å². The molecule has 0 aliphatic carbocycles. The van der Waals surface area contributed by atoms with Gasteiger partial charge >= 0.3 is 0 Å². The van der Waals surface area contributed by atoms with E-state index in [0.29, 0.717) is 19.5 Å². The molecule has 5 heteroatoms. The monoisotopic (exact) mass is 363 g/mol. The second kappa shape index (κ2) is 7.92. The lowest BCUT2D eigenvalue weighted by molar-refractivity contribution is -0.132. The first-order chi connectivity index (χ1) is 13.2. The predicted octanol–water partition coefficient (Wildman–Crippen LogP) is 2.56. The quantitative estimate of drug-likeness (QED) is 0.634. The maximum atomic E-state index is 12.6. The van der Waals surface area contributed by atoms with E-state index in [1.165, 1.54) is 11.1 Å². The number of nitrogens with one attached hydrogen (secondary N) is 1. The standard InChI is InChI=1S/C22H25N3O2/c26-21(20-11-14-25(22(20)27)19-9-2-1-3-10-19)23-12-6-13-24-15-17-7-4-5-8-18(17)16-24/h1-5,7-10,20H,6,11-16H2,(H,23,26)/t20-/m1/s1. The number of carbonyl (C=O) groups excluding carboxylic acids is 2. The summed E-state index contributed by atoms with van der Waals surface area (Å²) in [5.41, 5.74) is 3.67. The molecule has 1 N–H and O–H groups in total. The Morgan fingerprint density at radius 1 is 1.00 bits per heavy atom. The molecule has 5 nitrogen and oxygen atoms in total. The Balaban J connectivity index is 1.21. The van der Waals surface area contributed by atoms with Gasteiger partial charge in [0.1, 0.15) is 5.92 Å². The normalized spacial score (nSPS) is 19.3. The van der Waals surface area contributed by atoms with Gasteiger partial charge in [0.25, 0.3) is 0 Å². The van der Waals surface area contributed by atoms with Crippen LogP contribution >= 0.6 is 0 Å². The van der Waals surface area contributed by atoms with E-state index in [1.807, 2.05) is 30.3 Å². The summed E-state index contributed by atoms with van der Waals surface area (Å²) in [6, 6.07) is 18.1. The van der Waals surface area contributed by atoms with Crippen molar-refractivity contribution in [2.24, 2.45) is 5.92 Å². The molecule has 1 saturated heterocycles. The van der Waals surface area contributed by atoms with Gasteiger partial charge < -0.3 is 10.2 Å². The fourth-order valence-electron chi connectivity index (χ4n) is 3.99. The molecule has 140 valence electrons. The van der Waals surface area contributed by atoms with Crippen molar-refractivity contribution in [2.45, 2.75) is 25.9 Å². The Kier molecular flexibility index (Phi) is 5.21. The van der Waals surface area contributed by atoms with E-state index >= 15 is 0 Å². The molecule has 2 aromatic carbocycles. The van der Waals surface area contributed by atoms with E-state index in [4.69, 9.17) is 0 Å². The first-order valence-corrected chi connectivity index (χ1v) is 9.65. The van der Waals surface area contributed by atoms with Crippen LogP contribution < -0.4 is 10.2 Å². The topological polar surface area (TPSA) is 52.7 Å². The van der Waals surface area contributed by atoms with Gasteiger partial charge in [-0.2, -0.15) is 0 Å². The highest BCUT2D eigenvalue weighted by Gasteiger charge is 2.37. The van der Waals surface area contributed by atoms with Crippen LogP contribution in [0.4, 0.5) is 5.69 Å². The van der Waals surface area contributed by atoms with Crippen LogP contribution in [0.2, 0.25) is 0 Å². The van der Waals surface area contributed by atoms with Gasteiger partial charge in [0, 0.05) is 38.4 Å². The molecule has 0 spiro atoms. The third kappa shape index (κ3) is 3.88. The van der Waals surface area contributed by atoms with Crippen LogP contribution in [-0.4, -0.2) is 36.3 Å². The predicted molar refractivity (Wildman–Crippen MR) is 105 cm³/mol. The number of fused-ring (bicyclic) bond motifs is 1. The minimum Gasteiger partial charge on any atom is -0.355 e. The zero-order valence-electron chi connectivity index (χ0n) is 15.4. The molecule has 0 aromatic heterocycles. The Morgan fingerprint density at radius 2 is 1.67 bits per heavy atom. The summed E-state index contributed by atoms with van der Waals surface area (Å²) in [5.74, 6) is -0.780. The minimum atomic E-state index is -0.554. The maximum absolute atomic E-state index is 12.6. The van der Waals surface area contributed by atoms with Gasteiger partial charge in [-0.3, -0.25) is 14.5 Å². The Hall–Kier alpha value is -2.66. The second-order valence-electron chi connectivity index (χ2n) is 7.29. The fraction of sp³-hybridized carbons (Fsp3) is 0.364. The highest BCUT2D eigenvalue weighted by Crippen LogP contribution is 2.25. The van der Waals surface area contributed by atoms with Crippen LogP contribution in [0, 0.1) is 5.92 Å². The Morgan fingerprint density at radius 3 is 2.37 bits per heavy atom. The molecule has 0 unspecified atom stereocenters. The molecule has 0 radical (unpaired) electrons. The van der Waals surface area contributed by atoms with Gasteiger partial charge in [-0.15, -0.1) is 0 Å². The number of carbonyl (C=O) groups is 2. The van der Waals surface area contributed by atoms with Gasteiger partial charge in [0.15, 0.2) is 0 Å². The fourth-order valence-corrected chi connectivity index (χ4v) is 3.99.